The summed E-state index contributed by atoms with van der Waals surface area (Å²) in [6, 6.07) is 19.9. The highest BCUT2D eigenvalue weighted by Gasteiger charge is 2.31. The molecule has 0 aromatic heterocycles. The lowest BCUT2D eigenvalue weighted by molar-refractivity contribution is -0.142. The van der Waals surface area contributed by atoms with E-state index in [9.17, 15) is 9.59 Å². The molecule has 3 aromatic carbocycles. The standard InChI is InChI=1S/C30H34Cl2N2O3/c1-20(2)17-33-30(36)27(16-23-10-6-5-7-11-23)34(18-24-12-8-9-13-26(24)31)28(35)19-37-25-14-21(3)29(32)22(4)15-25/h5-15,20,27H,16-19H2,1-4H3,(H,33,36). The Balaban J connectivity index is 1.92. The van der Waals surface area contributed by atoms with Gasteiger partial charge in [-0.2, -0.15) is 0 Å². The number of ether oxygens (including phenoxy) is 1. The van der Waals surface area contributed by atoms with Crippen LogP contribution in [-0.4, -0.2) is 35.9 Å². The molecule has 0 aliphatic heterocycles. The lowest BCUT2D eigenvalue weighted by atomic mass is 10.0. The average Bonchev–Trinajstić information content (AvgIpc) is 2.88. The van der Waals surface area contributed by atoms with Gasteiger partial charge in [0, 0.05) is 29.6 Å². The van der Waals surface area contributed by atoms with Crippen molar-refractivity contribution in [2.24, 2.45) is 5.92 Å². The highest BCUT2D eigenvalue weighted by molar-refractivity contribution is 6.32. The van der Waals surface area contributed by atoms with E-state index in [1.54, 1.807) is 23.1 Å². The molecule has 5 nitrogen and oxygen atoms in total. The number of halogens is 2. The number of carbonyl (C=O) groups is 2. The summed E-state index contributed by atoms with van der Waals surface area (Å²) in [5, 5.41) is 4.22. The molecule has 1 N–H and O–H groups in total. The lowest BCUT2D eigenvalue weighted by Gasteiger charge is -2.32. The molecule has 0 spiro atoms. The van der Waals surface area contributed by atoms with Crippen LogP contribution in [0.25, 0.3) is 0 Å². The highest BCUT2D eigenvalue weighted by Crippen LogP contribution is 2.26. The van der Waals surface area contributed by atoms with Crippen LogP contribution in [0.15, 0.2) is 66.7 Å². The normalized spacial score (nSPS) is 11.8. The number of nitrogens with one attached hydrogen (secondary N) is 1. The van der Waals surface area contributed by atoms with E-state index >= 15 is 0 Å². The summed E-state index contributed by atoms with van der Waals surface area (Å²) in [5.74, 6) is 0.296. The topological polar surface area (TPSA) is 58.6 Å². The molecule has 0 saturated carbocycles. The number of amides is 2. The number of hydrogen-bond acceptors (Lipinski definition) is 3. The Bertz CT molecular complexity index is 1190. The number of carbonyl (C=O) groups excluding carboxylic acids is 2. The minimum Gasteiger partial charge on any atom is -0.484 e. The van der Waals surface area contributed by atoms with Crippen molar-refractivity contribution >= 4 is 35.0 Å². The predicted octanol–water partition coefficient (Wildman–Crippen LogP) is 6.40. The van der Waals surface area contributed by atoms with Crippen LogP contribution < -0.4 is 10.1 Å². The van der Waals surface area contributed by atoms with Gasteiger partial charge in [-0.05, 0) is 60.2 Å². The van der Waals surface area contributed by atoms with Gasteiger partial charge in [0.05, 0.1) is 0 Å². The summed E-state index contributed by atoms with van der Waals surface area (Å²) in [5.41, 5.74) is 3.44. The molecule has 0 aliphatic carbocycles. The van der Waals surface area contributed by atoms with Gasteiger partial charge in [-0.3, -0.25) is 9.59 Å². The van der Waals surface area contributed by atoms with Crippen molar-refractivity contribution in [2.75, 3.05) is 13.2 Å². The van der Waals surface area contributed by atoms with Gasteiger partial charge < -0.3 is 15.0 Å². The largest absolute Gasteiger partial charge is 0.484 e. The Labute approximate surface area is 229 Å². The summed E-state index contributed by atoms with van der Waals surface area (Å²) >= 11 is 12.7. The van der Waals surface area contributed by atoms with Gasteiger partial charge in [0.1, 0.15) is 11.8 Å². The average molecular weight is 542 g/mol. The molecule has 3 aromatic rings. The third kappa shape index (κ3) is 8.24. The zero-order chi connectivity index (χ0) is 26.9. The summed E-state index contributed by atoms with van der Waals surface area (Å²) in [7, 11) is 0. The van der Waals surface area contributed by atoms with Gasteiger partial charge >= 0.3 is 0 Å². The Kier molecular flexibility index (Phi) is 10.4. The minimum absolute atomic E-state index is 0.174. The minimum atomic E-state index is -0.748. The monoisotopic (exact) mass is 540 g/mol. The Hall–Kier alpha value is -3.02. The third-order valence-electron chi connectivity index (χ3n) is 6.03. The fourth-order valence-electron chi connectivity index (χ4n) is 4.00. The van der Waals surface area contributed by atoms with Gasteiger partial charge in [0.15, 0.2) is 6.61 Å². The van der Waals surface area contributed by atoms with Crippen molar-refractivity contribution in [1.29, 1.82) is 0 Å². The third-order valence-corrected chi connectivity index (χ3v) is 6.99. The number of benzene rings is 3. The quantitative estimate of drug-likeness (QED) is 0.306. The van der Waals surface area contributed by atoms with Crippen molar-refractivity contribution in [3.05, 3.63) is 99.0 Å². The van der Waals surface area contributed by atoms with E-state index in [0.29, 0.717) is 28.8 Å². The summed E-state index contributed by atoms with van der Waals surface area (Å²) in [4.78, 5) is 28.7. The molecule has 37 heavy (non-hydrogen) atoms. The van der Waals surface area contributed by atoms with E-state index in [2.05, 4.69) is 5.32 Å². The maximum atomic E-state index is 13.7. The second-order valence-corrected chi connectivity index (χ2v) is 10.4. The van der Waals surface area contributed by atoms with Crippen molar-refractivity contribution in [1.82, 2.24) is 10.2 Å². The summed E-state index contributed by atoms with van der Waals surface area (Å²) < 4.78 is 5.90. The van der Waals surface area contributed by atoms with E-state index in [4.69, 9.17) is 27.9 Å². The Morgan fingerprint density at radius 3 is 2.19 bits per heavy atom. The second-order valence-electron chi connectivity index (χ2n) is 9.62. The van der Waals surface area contributed by atoms with E-state index < -0.39 is 6.04 Å². The molecule has 0 radical (unpaired) electrons. The van der Waals surface area contributed by atoms with Crippen LogP contribution in [0.3, 0.4) is 0 Å². The molecule has 0 fully saturated rings. The van der Waals surface area contributed by atoms with Crippen LogP contribution in [0.5, 0.6) is 5.75 Å². The van der Waals surface area contributed by atoms with Crippen LogP contribution in [0, 0.1) is 19.8 Å². The van der Waals surface area contributed by atoms with Gasteiger partial charge in [-0.15, -0.1) is 0 Å². The predicted molar refractivity (Wildman–Crippen MR) is 150 cm³/mol. The van der Waals surface area contributed by atoms with Crippen LogP contribution in [0.1, 0.15) is 36.1 Å². The number of hydrogen-bond donors (Lipinski definition) is 1. The van der Waals surface area contributed by atoms with Gasteiger partial charge in [-0.1, -0.05) is 85.6 Å². The van der Waals surface area contributed by atoms with Crippen LogP contribution in [0.2, 0.25) is 10.0 Å². The first-order valence-corrected chi connectivity index (χ1v) is 13.1. The number of aryl methyl sites for hydroxylation is 2. The van der Waals surface area contributed by atoms with Gasteiger partial charge in [0.2, 0.25) is 5.91 Å². The van der Waals surface area contributed by atoms with E-state index in [0.717, 1.165) is 22.3 Å². The fourth-order valence-corrected chi connectivity index (χ4v) is 4.31. The molecule has 0 heterocycles. The summed E-state index contributed by atoms with van der Waals surface area (Å²) in [6.07, 6.45) is 0.361. The Morgan fingerprint density at radius 1 is 0.946 bits per heavy atom. The molecule has 3 rings (SSSR count). The van der Waals surface area contributed by atoms with Crippen LogP contribution in [0.4, 0.5) is 0 Å². The molecule has 0 bridgehead atoms. The molecule has 0 saturated heterocycles. The van der Waals surface area contributed by atoms with Crippen LogP contribution >= 0.6 is 23.2 Å². The molecule has 196 valence electrons. The zero-order valence-corrected chi connectivity index (χ0v) is 23.3. The van der Waals surface area contributed by atoms with E-state index in [1.807, 2.05) is 76.2 Å². The lowest BCUT2D eigenvalue weighted by Crippen LogP contribution is -2.52. The van der Waals surface area contributed by atoms with E-state index in [-0.39, 0.29) is 30.9 Å². The van der Waals surface area contributed by atoms with Crippen molar-refractivity contribution in [2.45, 2.75) is 46.7 Å². The molecular formula is C30H34Cl2N2O3. The zero-order valence-electron chi connectivity index (χ0n) is 21.8. The molecule has 0 aliphatic rings. The highest BCUT2D eigenvalue weighted by atomic mass is 35.5. The second kappa shape index (κ2) is 13.5. The maximum Gasteiger partial charge on any atom is 0.261 e. The maximum absolute atomic E-state index is 13.7. The first kappa shape index (κ1) is 28.5. The van der Waals surface area contributed by atoms with Crippen molar-refractivity contribution in [3.8, 4) is 5.75 Å². The first-order valence-electron chi connectivity index (χ1n) is 12.4. The van der Waals surface area contributed by atoms with Gasteiger partial charge in [0.25, 0.3) is 5.91 Å². The number of nitrogens with zero attached hydrogens (tertiary/aromatic N) is 1. The fraction of sp³-hybridized carbons (Fsp3) is 0.333. The van der Waals surface area contributed by atoms with E-state index in [1.165, 1.54) is 0 Å². The molecule has 1 atom stereocenters. The first-order chi connectivity index (χ1) is 17.7. The molecule has 1 unspecified atom stereocenters. The molecule has 7 heteroatoms. The molecular weight excluding hydrogens is 507 g/mol. The van der Waals surface area contributed by atoms with Crippen LogP contribution in [-0.2, 0) is 22.6 Å². The van der Waals surface area contributed by atoms with Crippen molar-refractivity contribution in [3.63, 3.8) is 0 Å². The van der Waals surface area contributed by atoms with Gasteiger partial charge in [-0.25, -0.2) is 0 Å². The van der Waals surface area contributed by atoms with Crippen molar-refractivity contribution < 1.29 is 14.3 Å². The smallest absolute Gasteiger partial charge is 0.261 e. The number of rotatable bonds is 11. The molecule has 2 amide bonds. The Morgan fingerprint density at radius 2 is 1.57 bits per heavy atom. The summed E-state index contributed by atoms with van der Waals surface area (Å²) in [6.45, 7) is 8.30. The SMILES string of the molecule is Cc1cc(OCC(=O)N(Cc2ccccc2Cl)C(Cc2ccccc2)C(=O)NCC(C)C)cc(C)c1Cl.